The van der Waals surface area contributed by atoms with Gasteiger partial charge in [0.1, 0.15) is 6.26 Å². The van der Waals surface area contributed by atoms with Gasteiger partial charge >= 0.3 is 0 Å². The predicted octanol–water partition coefficient (Wildman–Crippen LogP) is 2.65. The lowest BCUT2D eigenvalue weighted by atomic mass is 10.0. The van der Waals surface area contributed by atoms with Crippen LogP contribution >= 0.6 is 0 Å². The molecule has 0 aliphatic carbocycles. The largest absolute Gasteiger partial charge is 0.330 e. The van der Waals surface area contributed by atoms with Gasteiger partial charge in [0, 0.05) is 5.56 Å². The fourth-order valence-corrected chi connectivity index (χ4v) is 1.79. The number of nitrogens with two attached hydrogens (primary N) is 1. The van der Waals surface area contributed by atoms with Crippen molar-refractivity contribution < 1.29 is 9.78 Å². The van der Waals surface area contributed by atoms with Gasteiger partial charge in [0.05, 0.1) is 0 Å². The summed E-state index contributed by atoms with van der Waals surface area (Å²) in [6.45, 7) is 0.790. The lowest BCUT2D eigenvalue weighted by molar-refractivity contribution is -0.151. The summed E-state index contributed by atoms with van der Waals surface area (Å²) in [5.74, 6) is 0.785. The number of aryl methyl sites for hydroxylation is 1. The second kappa shape index (κ2) is 5.56. The first-order valence-corrected chi connectivity index (χ1v) is 5.73. The normalized spacial score (nSPS) is 12.8. The Morgan fingerprint density at radius 3 is 2.94 bits per heavy atom. The van der Waals surface area contributed by atoms with Crippen LogP contribution in [0.3, 0.4) is 0 Å². The summed E-state index contributed by atoms with van der Waals surface area (Å²) in [4.78, 5) is 9.77. The van der Waals surface area contributed by atoms with Crippen molar-refractivity contribution in [1.82, 2.24) is 0 Å². The highest BCUT2D eigenvalue weighted by atomic mass is 17.2. The van der Waals surface area contributed by atoms with Crippen LogP contribution in [0.25, 0.3) is 6.08 Å². The third-order valence-electron chi connectivity index (χ3n) is 2.68. The fourth-order valence-electron chi connectivity index (χ4n) is 1.79. The van der Waals surface area contributed by atoms with Crippen LogP contribution in [0.15, 0.2) is 24.5 Å². The molecule has 1 aromatic rings. The molecule has 1 heterocycles. The van der Waals surface area contributed by atoms with Gasteiger partial charge in [0.25, 0.3) is 0 Å². The Labute approximate surface area is 95.8 Å². The molecule has 2 N–H and O–H groups in total. The lowest BCUT2D eigenvalue weighted by Crippen LogP contribution is -1.99. The van der Waals surface area contributed by atoms with Gasteiger partial charge in [0.2, 0.25) is 0 Å². The molecule has 3 heteroatoms. The molecule has 86 valence electrons. The minimum Gasteiger partial charge on any atom is -0.330 e. The monoisotopic (exact) mass is 219 g/mol. The second-order valence-corrected chi connectivity index (χ2v) is 3.95. The van der Waals surface area contributed by atoms with Gasteiger partial charge in [-0.2, -0.15) is 0 Å². The van der Waals surface area contributed by atoms with Crippen molar-refractivity contribution in [2.24, 2.45) is 5.73 Å². The van der Waals surface area contributed by atoms with Crippen LogP contribution < -0.4 is 10.6 Å². The number of benzene rings is 1. The van der Waals surface area contributed by atoms with Crippen LogP contribution in [0, 0.1) is 0 Å². The molecule has 0 spiro atoms. The first kappa shape index (κ1) is 11.0. The smallest absolute Gasteiger partial charge is 0.185 e. The Morgan fingerprint density at radius 2 is 2.06 bits per heavy atom. The minimum atomic E-state index is 0.785. The van der Waals surface area contributed by atoms with E-state index in [-0.39, 0.29) is 0 Å². The van der Waals surface area contributed by atoms with Crippen LogP contribution in [0.5, 0.6) is 5.75 Å². The van der Waals surface area contributed by atoms with Gasteiger partial charge < -0.3 is 5.73 Å². The van der Waals surface area contributed by atoms with E-state index in [2.05, 4.69) is 12.1 Å². The average Bonchev–Trinajstić information content (AvgIpc) is 2.34. The highest BCUT2D eigenvalue weighted by molar-refractivity contribution is 5.58. The SMILES string of the molecule is NCCCCCc1ccc2c(c1)C=COO2. The Kier molecular flexibility index (Phi) is 3.83. The van der Waals surface area contributed by atoms with Crippen LogP contribution in [0.1, 0.15) is 30.4 Å². The number of hydrogen-bond donors (Lipinski definition) is 1. The zero-order valence-corrected chi connectivity index (χ0v) is 9.32. The van der Waals surface area contributed by atoms with Gasteiger partial charge in [-0.05, 0) is 49.6 Å². The van der Waals surface area contributed by atoms with Gasteiger partial charge in [-0.3, -0.25) is 9.78 Å². The molecule has 1 aliphatic rings. The maximum atomic E-state index is 5.46. The van der Waals surface area contributed by atoms with Crippen LogP contribution in [-0.4, -0.2) is 6.54 Å². The van der Waals surface area contributed by atoms with E-state index in [0.717, 1.165) is 30.7 Å². The molecule has 0 radical (unpaired) electrons. The molecule has 1 aliphatic heterocycles. The molecule has 16 heavy (non-hydrogen) atoms. The molecule has 0 atom stereocenters. The van der Waals surface area contributed by atoms with Crippen LogP contribution in [0.2, 0.25) is 0 Å². The fraction of sp³-hybridized carbons (Fsp3) is 0.385. The van der Waals surface area contributed by atoms with E-state index in [0.29, 0.717) is 0 Å². The first-order chi connectivity index (χ1) is 7.90. The molecular formula is C13H17NO2. The molecule has 2 rings (SSSR count). The van der Waals surface area contributed by atoms with Gasteiger partial charge in [-0.15, -0.1) is 0 Å². The Hall–Kier alpha value is -1.48. The van der Waals surface area contributed by atoms with Gasteiger partial charge in [0.15, 0.2) is 5.75 Å². The Balaban J connectivity index is 1.93. The van der Waals surface area contributed by atoms with Crippen molar-refractivity contribution in [3.05, 3.63) is 35.6 Å². The lowest BCUT2D eigenvalue weighted by Gasteiger charge is -2.11. The van der Waals surface area contributed by atoms with Gasteiger partial charge in [-0.25, -0.2) is 0 Å². The van der Waals surface area contributed by atoms with Crippen LogP contribution in [0.4, 0.5) is 0 Å². The highest BCUT2D eigenvalue weighted by Gasteiger charge is 2.07. The number of fused-ring (bicyclic) bond motifs is 1. The van der Waals surface area contributed by atoms with E-state index in [1.807, 2.05) is 12.1 Å². The third kappa shape index (κ3) is 2.76. The minimum absolute atomic E-state index is 0.785. The summed E-state index contributed by atoms with van der Waals surface area (Å²) in [5.41, 5.74) is 7.88. The second-order valence-electron chi connectivity index (χ2n) is 3.95. The standard InChI is InChI=1S/C13H17NO2/c14-8-3-1-2-4-11-5-6-13-12(10-11)7-9-15-16-13/h5-7,9-10H,1-4,8,14H2. The van der Waals surface area contributed by atoms with E-state index < -0.39 is 0 Å². The highest BCUT2D eigenvalue weighted by Crippen LogP contribution is 2.25. The summed E-state index contributed by atoms with van der Waals surface area (Å²) in [5, 5.41) is 0. The Bertz CT molecular complexity index is 374. The van der Waals surface area contributed by atoms with Crippen molar-refractivity contribution in [3.8, 4) is 5.75 Å². The summed E-state index contributed by atoms with van der Waals surface area (Å²) < 4.78 is 0. The average molecular weight is 219 g/mol. The third-order valence-corrected chi connectivity index (χ3v) is 2.68. The quantitative estimate of drug-likeness (QED) is 0.611. The molecule has 0 saturated carbocycles. The number of unbranched alkanes of at least 4 members (excludes halogenated alkanes) is 2. The van der Waals surface area contributed by atoms with E-state index >= 15 is 0 Å². The van der Waals surface area contributed by atoms with E-state index in [1.165, 1.54) is 18.4 Å². The summed E-state index contributed by atoms with van der Waals surface area (Å²) in [7, 11) is 0. The molecule has 1 aromatic carbocycles. The maximum Gasteiger partial charge on any atom is 0.185 e. The summed E-state index contributed by atoms with van der Waals surface area (Å²) in [6, 6.07) is 6.19. The van der Waals surface area contributed by atoms with Crippen molar-refractivity contribution in [3.63, 3.8) is 0 Å². The summed E-state index contributed by atoms with van der Waals surface area (Å²) >= 11 is 0. The van der Waals surface area contributed by atoms with E-state index in [4.69, 9.17) is 15.5 Å². The zero-order valence-electron chi connectivity index (χ0n) is 9.32. The zero-order chi connectivity index (χ0) is 11.2. The number of hydrogen-bond acceptors (Lipinski definition) is 3. The van der Waals surface area contributed by atoms with Crippen molar-refractivity contribution >= 4 is 6.08 Å². The molecule has 0 fully saturated rings. The molecule has 0 unspecified atom stereocenters. The first-order valence-electron chi connectivity index (χ1n) is 5.73. The summed E-state index contributed by atoms with van der Waals surface area (Å²) in [6.07, 6.45) is 8.08. The molecule has 0 saturated heterocycles. The molecular weight excluding hydrogens is 202 g/mol. The van der Waals surface area contributed by atoms with E-state index in [9.17, 15) is 0 Å². The van der Waals surface area contributed by atoms with Crippen LogP contribution in [-0.2, 0) is 11.3 Å². The molecule has 3 nitrogen and oxygen atoms in total. The van der Waals surface area contributed by atoms with Crippen molar-refractivity contribution in [2.75, 3.05) is 6.54 Å². The topological polar surface area (TPSA) is 44.5 Å². The molecule has 0 aromatic heterocycles. The molecule has 0 bridgehead atoms. The molecule has 0 amide bonds. The maximum absolute atomic E-state index is 5.46. The Morgan fingerprint density at radius 1 is 1.12 bits per heavy atom. The van der Waals surface area contributed by atoms with Crippen molar-refractivity contribution in [1.29, 1.82) is 0 Å². The number of rotatable bonds is 5. The predicted molar refractivity (Wildman–Crippen MR) is 63.8 cm³/mol. The van der Waals surface area contributed by atoms with Crippen molar-refractivity contribution in [2.45, 2.75) is 25.7 Å². The van der Waals surface area contributed by atoms with E-state index in [1.54, 1.807) is 6.26 Å². The van der Waals surface area contributed by atoms with Gasteiger partial charge in [-0.1, -0.05) is 12.5 Å².